The fourth-order valence-electron chi connectivity index (χ4n) is 2.20. The van der Waals surface area contributed by atoms with Crippen LogP contribution in [0.4, 0.5) is 5.82 Å². The Labute approximate surface area is 84.8 Å². The molecule has 0 aromatic carbocycles. The Morgan fingerprint density at radius 2 is 2.07 bits per heavy atom. The first-order valence-electron chi connectivity index (χ1n) is 5.41. The molecule has 1 aromatic heterocycles. The van der Waals surface area contributed by atoms with E-state index in [4.69, 9.17) is 5.73 Å². The molecule has 1 aliphatic rings. The molecule has 0 bridgehead atoms. The van der Waals surface area contributed by atoms with E-state index in [1.807, 2.05) is 6.07 Å². The lowest BCUT2D eigenvalue weighted by Crippen LogP contribution is -2.00. The van der Waals surface area contributed by atoms with Gasteiger partial charge in [0, 0.05) is 11.8 Å². The van der Waals surface area contributed by atoms with E-state index >= 15 is 0 Å². The molecule has 1 heterocycles. The minimum atomic E-state index is 0.585. The van der Waals surface area contributed by atoms with Crippen LogP contribution in [0.2, 0.25) is 0 Å². The van der Waals surface area contributed by atoms with E-state index in [9.17, 15) is 0 Å². The van der Waals surface area contributed by atoms with E-state index in [-0.39, 0.29) is 0 Å². The summed E-state index contributed by atoms with van der Waals surface area (Å²) >= 11 is 0. The number of hydrogen-bond donors (Lipinski definition) is 1. The van der Waals surface area contributed by atoms with Gasteiger partial charge in [0.05, 0.1) is 0 Å². The smallest absolute Gasteiger partial charge is 0.126 e. The summed E-state index contributed by atoms with van der Waals surface area (Å²) in [5.41, 5.74) is 6.68. The van der Waals surface area contributed by atoms with E-state index in [0.717, 1.165) is 18.0 Å². The molecule has 0 radical (unpaired) electrons. The maximum atomic E-state index is 5.59. The monoisotopic (exact) mass is 191 g/mol. The standard InChI is InChI=1S/C11H17N3/c12-11-7-10(13-8-14-11)6-5-9-3-1-2-4-9/h7-9H,1-6H2,(H2,12,13,14). The molecule has 3 heteroatoms. The molecular weight excluding hydrogens is 174 g/mol. The van der Waals surface area contributed by atoms with Gasteiger partial charge in [0.25, 0.3) is 0 Å². The van der Waals surface area contributed by atoms with Gasteiger partial charge in [-0.25, -0.2) is 9.97 Å². The van der Waals surface area contributed by atoms with Gasteiger partial charge in [0.15, 0.2) is 0 Å². The van der Waals surface area contributed by atoms with Gasteiger partial charge in [-0.05, 0) is 18.8 Å². The van der Waals surface area contributed by atoms with Crippen LogP contribution in [0.15, 0.2) is 12.4 Å². The van der Waals surface area contributed by atoms with Gasteiger partial charge in [0.1, 0.15) is 12.1 Å². The van der Waals surface area contributed by atoms with Crippen molar-refractivity contribution in [1.82, 2.24) is 9.97 Å². The molecule has 0 aliphatic heterocycles. The number of aromatic nitrogens is 2. The number of anilines is 1. The van der Waals surface area contributed by atoms with Gasteiger partial charge in [-0.3, -0.25) is 0 Å². The Bertz CT molecular complexity index is 292. The molecule has 76 valence electrons. The van der Waals surface area contributed by atoms with E-state index in [1.54, 1.807) is 6.33 Å². The first-order chi connectivity index (χ1) is 6.84. The fourth-order valence-corrected chi connectivity index (χ4v) is 2.20. The molecule has 0 saturated heterocycles. The summed E-state index contributed by atoms with van der Waals surface area (Å²) in [6.07, 6.45) is 9.50. The largest absolute Gasteiger partial charge is 0.384 e. The van der Waals surface area contributed by atoms with Crippen molar-refractivity contribution in [3.05, 3.63) is 18.1 Å². The third kappa shape index (κ3) is 2.44. The zero-order valence-corrected chi connectivity index (χ0v) is 8.45. The number of aryl methyl sites for hydroxylation is 1. The van der Waals surface area contributed by atoms with Crippen molar-refractivity contribution in [3.63, 3.8) is 0 Å². The lowest BCUT2D eigenvalue weighted by molar-refractivity contribution is 0.500. The lowest BCUT2D eigenvalue weighted by atomic mass is 10.0. The topological polar surface area (TPSA) is 51.8 Å². The molecule has 14 heavy (non-hydrogen) atoms. The third-order valence-corrected chi connectivity index (χ3v) is 3.03. The normalized spacial score (nSPS) is 17.4. The van der Waals surface area contributed by atoms with Gasteiger partial charge in [-0.15, -0.1) is 0 Å². The maximum absolute atomic E-state index is 5.59. The molecule has 1 aromatic rings. The predicted octanol–water partition coefficient (Wildman–Crippen LogP) is 2.18. The first-order valence-corrected chi connectivity index (χ1v) is 5.41. The average molecular weight is 191 g/mol. The number of nitrogens with two attached hydrogens (primary N) is 1. The number of rotatable bonds is 3. The summed E-state index contributed by atoms with van der Waals surface area (Å²) in [5.74, 6) is 1.51. The average Bonchev–Trinajstić information content (AvgIpc) is 2.67. The molecule has 0 amide bonds. The van der Waals surface area contributed by atoms with Crippen LogP contribution >= 0.6 is 0 Å². The van der Waals surface area contributed by atoms with Gasteiger partial charge >= 0.3 is 0 Å². The Morgan fingerprint density at radius 3 is 2.79 bits per heavy atom. The number of nitrogen functional groups attached to an aromatic ring is 1. The third-order valence-electron chi connectivity index (χ3n) is 3.03. The molecule has 1 fully saturated rings. The highest BCUT2D eigenvalue weighted by Gasteiger charge is 2.14. The van der Waals surface area contributed by atoms with Crippen molar-refractivity contribution in [2.75, 3.05) is 5.73 Å². The SMILES string of the molecule is Nc1cc(CCC2CCCC2)ncn1. The van der Waals surface area contributed by atoms with Crippen LogP contribution in [0.5, 0.6) is 0 Å². The van der Waals surface area contributed by atoms with E-state index in [2.05, 4.69) is 9.97 Å². The minimum absolute atomic E-state index is 0.585. The molecule has 0 atom stereocenters. The highest BCUT2D eigenvalue weighted by Crippen LogP contribution is 2.28. The summed E-state index contributed by atoms with van der Waals surface area (Å²) in [5, 5.41) is 0. The van der Waals surface area contributed by atoms with Crippen molar-refractivity contribution in [1.29, 1.82) is 0 Å². The Hall–Kier alpha value is -1.12. The minimum Gasteiger partial charge on any atom is -0.384 e. The van der Waals surface area contributed by atoms with Gasteiger partial charge in [-0.2, -0.15) is 0 Å². The molecule has 1 aliphatic carbocycles. The molecule has 1 saturated carbocycles. The van der Waals surface area contributed by atoms with Crippen LogP contribution in [0, 0.1) is 5.92 Å². The van der Waals surface area contributed by atoms with E-state index < -0.39 is 0 Å². The highest BCUT2D eigenvalue weighted by atomic mass is 14.9. The summed E-state index contributed by atoms with van der Waals surface area (Å²) in [6, 6.07) is 1.88. The van der Waals surface area contributed by atoms with Crippen molar-refractivity contribution >= 4 is 5.82 Å². The number of hydrogen-bond acceptors (Lipinski definition) is 3. The zero-order chi connectivity index (χ0) is 9.80. The maximum Gasteiger partial charge on any atom is 0.126 e. The van der Waals surface area contributed by atoms with Crippen LogP contribution in [-0.4, -0.2) is 9.97 Å². The second kappa shape index (κ2) is 4.40. The highest BCUT2D eigenvalue weighted by molar-refractivity contribution is 5.27. The zero-order valence-electron chi connectivity index (χ0n) is 8.45. The predicted molar refractivity (Wildman–Crippen MR) is 56.7 cm³/mol. The van der Waals surface area contributed by atoms with E-state index in [0.29, 0.717) is 5.82 Å². The first kappa shape index (κ1) is 9.44. The van der Waals surface area contributed by atoms with Crippen LogP contribution in [-0.2, 0) is 6.42 Å². The summed E-state index contributed by atoms with van der Waals surface area (Å²) < 4.78 is 0. The van der Waals surface area contributed by atoms with Crippen molar-refractivity contribution in [2.24, 2.45) is 5.92 Å². The molecule has 2 N–H and O–H groups in total. The second-order valence-corrected chi connectivity index (χ2v) is 4.12. The summed E-state index contributed by atoms with van der Waals surface area (Å²) in [4.78, 5) is 8.10. The van der Waals surface area contributed by atoms with Crippen LogP contribution in [0.25, 0.3) is 0 Å². The van der Waals surface area contributed by atoms with Crippen molar-refractivity contribution < 1.29 is 0 Å². The summed E-state index contributed by atoms with van der Waals surface area (Å²) in [6.45, 7) is 0. The van der Waals surface area contributed by atoms with Gasteiger partial charge in [0.2, 0.25) is 0 Å². The lowest BCUT2D eigenvalue weighted by Gasteiger charge is -2.07. The van der Waals surface area contributed by atoms with Crippen molar-refractivity contribution in [2.45, 2.75) is 38.5 Å². The number of nitrogens with zero attached hydrogens (tertiary/aromatic N) is 2. The molecule has 3 nitrogen and oxygen atoms in total. The van der Waals surface area contributed by atoms with Gasteiger partial charge < -0.3 is 5.73 Å². The fraction of sp³-hybridized carbons (Fsp3) is 0.636. The van der Waals surface area contributed by atoms with Crippen LogP contribution in [0.1, 0.15) is 37.8 Å². The van der Waals surface area contributed by atoms with E-state index in [1.165, 1.54) is 32.1 Å². The van der Waals surface area contributed by atoms with Gasteiger partial charge in [-0.1, -0.05) is 25.7 Å². The Balaban J connectivity index is 1.85. The molecular formula is C11H17N3. The molecule has 0 unspecified atom stereocenters. The van der Waals surface area contributed by atoms with Crippen LogP contribution < -0.4 is 5.73 Å². The van der Waals surface area contributed by atoms with Crippen LogP contribution in [0.3, 0.4) is 0 Å². The summed E-state index contributed by atoms with van der Waals surface area (Å²) in [7, 11) is 0. The Morgan fingerprint density at radius 1 is 1.29 bits per heavy atom. The molecule has 2 rings (SSSR count). The van der Waals surface area contributed by atoms with Crippen molar-refractivity contribution in [3.8, 4) is 0 Å². The Kier molecular flexibility index (Phi) is 2.96. The second-order valence-electron chi connectivity index (χ2n) is 4.12. The quantitative estimate of drug-likeness (QED) is 0.796. The molecule has 0 spiro atoms.